The topological polar surface area (TPSA) is 38.9 Å². The minimum absolute atomic E-state index is 0.529. The van der Waals surface area contributed by atoms with Crippen LogP contribution in [0.4, 0.5) is 5.69 Å². The molecule has 2 atom stereocenters. The van der Waals surface area contributed by atoms with Gasteiger partial charge in [0.15, 0.2) is 0 Å². The van der Waals surface area contributed by atoms with Crippen molar-refractivity contribution in [3.05, 3.63) is 53.3 Å². The SMILES string of the molecule is CSc1cncc(C(C)CCC(C)c2cc(C)cc(N)c2)c1. The molecule has 22 heavy (non-hydrogen) atoms. The average molecular weight is 314 g/mol. The van der Waals surface area contributed by atoms with Gasteiger partial charge in [-0.05, 0) is 72.7 Å². The van der Waals surface area contributed by atoms with E-state index in [1.807, 2.05) is 18.5 Å². The highest BCUT2D eigenvalue weighted by Crippen LogP contribution is 2.29. The third kappa shape index (κ3) is 4.51. The molecule has 0 radical (unpaired) electrons. The second-order valence-corrected chi connectivity index (χ2v) is 7.09. The molecule has 0 spiro atoms. The number of thioether (sulfide) groups is 1. The Bertz CT molecular complexity index is 604. The molecular weight excluding hydrogens is 288 g/mol. The van der Waals surface area contributed by atoms with Crippen molar-refractivity contribution in [2.75, 3.05) is 12.0 Å². The Morgan fingerprint density at radius 3 is 2.32 bits per heavy atom. The van der Waals surface area contributed by atoms with Gasteiger partial charge in [0.2, 0.25) is 0 Å². The maximum Gasteiger partial charge on any atom is 0.0404 e. The zero-order chi connectivity index (χ0) is 16.1. The molecule has 0 aliphatic heterocycles. The number of nitrogen functional groups attached to an aromatic ring is 1. The lowest BCUT2D eigenvalue weighted by Gasteiger charge is -2.17. The standard InChI is InChI=1S/C19H26N2S/c1-13-7-16(9-18(20)8-13)14(2)5-6-15(3)17-10-19(22-4)12-21-11-17/h7-12,14-15H,5-6,20H2,1-4H3. The highest BCUT2D eigenvalue weighted by atomic mass is 32.2. The maximum atomic E-state index is 5.97. The van der Waals surface area contributed by atoms with Crippen molar-refractivity contribution in [3.63, 3.8) is 0 Å². The highest BCUT2D eigenvalue weighted by molar-refractivity contribution is 7.98. The first-order valence-corrected chi connectivity index (χ1v) is 9.08. The molecular formula is C19H26N2S. The summed E-state index contributed by atoms with van der Waals surface area (Å²) < 4.78 is 0. The summed E-state index contributed by atoms with van der Waals surface area (Å²) in [6, 6.07) is 8.65. The van der Waals surface area contributed by atoms with Gasteiger partial charge in [0, 0.05) is 23.0 Å². The summed E-state index contributed by atoms with van der Waals surface area (Å²) in [6.45, 7) is 6.69. The van der Waals surface area contributed by atoms with Gasteiger partial charge in [-0.2, -0.15) is 0 Å². The Morgan fingerprint density at radius 1 is 1.00 bits per heavy atom. The molecule has 2 nitrogen and oxygen atoms in total. The van der Waals surface area contributed by atoms with Crippen LogP contribution >= 0.6 is 11.8 Å². The highest BCUT2D eigenvalue weighted by Gasteiger charge is 2.12. The summed E-state index contributed by atoms with van der Waals surface area (Å²) in [6.07, 6.45) is 8.34. The Labute approximate surface area is 138 Å². The van der Waals surface area contributed by atoms with Gasteiger partial charge in [-0.3, -0.25) is 4.98 Å². The molecule has 2 aromatic rings. The first-order valence-electron chi connectivity index (χ1n) is 7.85. The molecule has 0 aliphatic carbocycles. The number of anilines is 1. The molecule has 118 valence electrons. The van der Waals surface area contributed by atoms with Crippen LogP contribution in [0.15, 0.2) is 41.6 Å². The number of aromatic nitrogens is 1. The summed E-state index contributed by atoms with van der Waals surface area (Å²) in [4.78, 5) is 5.59. The van der Waals surface area contributed by atoms with Crippen molar-refractivity contribution in [3.8, 4) is 0 Å². The van der Waals surface area contributed by atoms with Gasteiger partial charge in [-0.15, -0.1) is 11.8 Å². The van der Waals surface area contributed by atoms with Gasteiger partial charge in [0.1, 0.15) is 0 Å². The predicted octanol–water partition coefficient (Wildman–Crippen LogP) is 5.38. The lowest BCUT2D eigenvalue weighted by molar-refractivity contribution is 0.572. The fraction of sp³-hybridized carbons (Fsp3) is 0.421. The van der Waals surface area contributed by atoms with E-state index in [1.165, 1.54) is 21.6 Å². The molecule has 0 amide bonds. The molecule has 3 heteroatoms. The van der Waals surface area contributed by atoms with E-state index in [-0.39, 0.29) is 0 Å². The van der Waals surface area contributed by atoms with Crippen LogP contribution in [0.25, 0.3) is 0 Å². The average Bonchev–Trinajstić information content (AvgIpc) is 2.51. The molecule has 1 heterocycles. The number of hydrogen-bond acceptors (Lipinski definition) is 3. The third-order valence-corrected chi connectivity index (χ3v) is 4.96. The number of rotatable bonds is 6. The lowest BCUT2D eigenvalue weighted by Crippen LogP contribution is -2.01. The Morgan fingerprint density at radius 2 is 1.68 bits per heavy atom. The van der Waals surface area contributed by atoms with Gasteiger partial charge >= 0.3 is 0 Å². The number of aryl methyl sites for hydroxylation is 1. The summed E-state index contributed by atoms with van der Waals surface area (Å²) in [5, 5.41) is 0. The van der Waals surface area contributed by atoms with Crippen LogP contribution in [0.3, 0.4) is 0 Å². The summed E-state index contributed by atoms with van der Waals surface area (Å²) in [7, 11) is 0. The third-order valence-electron chi connectivity index (χ3n) is 4.26. The van der Waals surface area contributed by atoms with Crippen molar-refractivity contribution < 1.29 is 0 Å². The van der Waals surface area contributed by atoms with Gasteiger partial charge in [-0.1, -0.05) is 19.9 Å². The van der Waals surface area contributed by atoms with E-state index in [9.17, 15) is 0 Å². The van der Waals surface area contributed by atoms with Gasteiger partial charge in [-0.25, -0.2) is 0 Å². The second kappa shape index (κ2) is 7.68. The lowest BCUT2D eigenvalue weighted by atomic mass is 9.89. The van der Waals surface area contributed by atoms with Gasteiger partial charge in [0.25, 0.3) is 0 Å². The van der Waals surface area contributed by atoms with Crippen molar-refractivity contribution in [1.82, 2.24) is 4.98 Å². The van der Waals surface area contributed by atoms with E-state index in [1.54, 1.807) is 11.8 Å². The van der Waals surface area contributed by atoms with Crippen molar-refractivity contribution in [2.45, 2.75) is 50.3 Å². The zero-order valence-corrected chi connectivity index (χ0v) is 14.8. The monoisotopic (exact) mass is 314 g/mol. The minimum Gasteiger partial charge on any atom is -0.399 e. The van der Waals surface area contributed by atoms with E-state index in [0.717, 1.165) is 18.5 Å². The Balaban J connectivity index is 1.99. The van der Waals surface area contributed by atoms with Crippen molar-refractivity contribution in [1.29, 1.82) is 0 Å². The van der Waals surface area contributed by atoms with Crippen molar-refractivity contribution in [2.24, 2.45) is 0 Å². The van der Waals surface area contributed by atoms with Crippen LogP contribution in [0.5, 0.6) is 0 Å². The normalized spacial score (nSPS) is 13.8. The van der Waals surface area contributed by atoms with Crippen LogP contribution in [0.2, 0.25) is 0 Å². The number of pyridine rings is 1. The van der Waals surface area contributed by atoms with Gasteiger partial charge in [0.05, 0.1) is 0 Å². The summed E-state index contributed by atoms with van der Waals surface area (Å²) in [5.74, 6) is 1.06. The largest absolute Gasteiger partial charge is 0.399 e. The van der Waals surface area contributed by atoms with Crippen LogP contribution < -0.4 is 5.73 Å². The predicted molar refractivity (Wildman–Crippen MR) is 97.7 cm³/mol. The number of benzene rings is 1. The van der Waals surface area contributed by atoms with E-state index >= 15 is 0 Å². The molecule has 0 saturated carbocycles. The smallest absolute Gasteiger partial charge is 0.0404 e. The molecule has 2 rings (SSSR count). The Hall–Kier alpha value is -1.48. The van der Waals surface area contributed by atoms with E-state index in [4.69, 9.17) is 5.73 Å². The minimum atomic E-state index is 0.529. The molecule has 1 aromatic heterocycles. The Kier molecular flexibility index (Phi) is 5.90. The van der Waals surface area contributed by atoms with E-state index in [0.29, 0.717) is 11.8 Å². The molecule has 1 aromatic carbocycles. The van der Waals surface area contributed by atoms with Crippen LogP contribution in [0, 0.1) is 6.92 Å². The number of nitrogens with two attached hydrogens (primary N) is 1. The summed E-state index contributed by atoms with van der Waals surface area (Å²) >= 11 is 1.75. The fourth-order valence-electron chi connectivity index (χ4n) is 2.78. The molecule has 0 aliphatic rings. The fourth-order valence-corrected chi connectivity index (χ4v) is 3.20. The molecule has 0 saturated heterocycles. The van der Waals surface area contributed by atoms with Crippen LogP contribution in [-0.2, 0) is 0 Å². The number of nitrogens with zero attached hydrogens (tertiary/aromatic N) is 1. The van der Waals surface area contributed by atoms with Gasteiger partial charge < -0.3 is 5.73 Å². The summed E-state index contributed by atoms with van der Waals surface area (Å²) in [5.41, 5.74) is 10.8. The van der Waals surface area contributed by atoms with E-state index in [2.05, 4.69) is 50.2 Å². The van der Waals surface area contributed by atoms with Crippen molar-refractivity contribution >= 4 is 17.4 Å². The maximum absolute atomic E-state index is 5.97. The molecule has 0 fully saturated rings. The molecule has 2 unspecified atom stereocenters. The first kappa shape index (κ1) is 16.9. The quantitative estimate of drug-likeness (QED) is 0.574. The first-order chi connectivity index (χ1) is 10.5. The van der Waals surface area contributed by atoms with E-state index < -0.39 is 0 Å². The number of hydrogen-bond donors (Lipinski definition) is 1. The molecule has 0 bridgehead atoms. The van der Waals surface area contributed by atoms with Crippen LogP contribution in [-0.4, -0.2) is 11.2 Å². The van der Waals surface area contributed by atoms with Crippen LogP contribution in [0.1, 0.15) is 55.2 Å². The second-order valence-electron chi connectivity index (χ2n) is 6.21. The zero-order valence-electron chi connectivity index (χ0n) is 14.0. The molecule has 2 N–H and O–H groups in total.